The van der Waals surface area contributed by atoms with Crippen molar-refractivity contribution in [2.24, 2.45) is 0 Å². The number of carboxylic acids is 1. The van der Waals surface area contributed by atoms with Crippen molar-refractivity contribution >= 4 is 21.9 Å². The van der Waals surface area contributed by atoms with Gasteiger partial charge in [-0.05, 0) is 18.6 Å². The standard InChI is InChI=1S/C17H14N2O5S/c1-11-15(17(20)21)16(24-18-11)19-25(22,23)14-10-6-5-9-13(14)12-7-3-2-4-8-12/h2-10,19H,1H3,(H,20,21). The Labute approximate surface area is 144 Å². The third-order valence-electron chi connectivity index (χ3n) is 3.57. The van der Waals surface area contributed by atoms with E-state index >= 15 is 0 Å². The molecule has 0 amide bonds. The summed E-state index contributed by atoms with van der Waals surface area (Å²) in [5.74, 6) is -1.75. The van der Waals surface area contributed by atoms with Crippen LogP contribution in [-0.4, -0.2) is 24.7 Å². The minimum Gasteiger partial charge on any atom is -0.477 e. The number of carbonyl (C=O) groups is 1. The summed E-state index contributed by atoms with van der Waals surface area (Å²) in [4.78, 5) is 11.3. The third kappa shape index (κ3) is 3.24. The first kappa shape index (κ1) is 16.7. The van der Waals surface area contributed by atoms with Crippen LogP contribution in [0, 0.1) is 6.92 Å². The van der Waals surface area contributed by atoms with Crippen molar-refractivity contribution in [2.45, 2.75) is 11.8 Å². The van der Waals surface area contributed by atoms with Crippen LogP contribution in [0.25, 0.3) is 11.1 Å². The third-order valence-corrected chi connectivity index (χ3v) is 4.95. The quantitative estimate of drug-likeness (QED) is 0.725. The van der Waals surface area contributed by atoms with E-state index in [1.54, 1.807) is 42.5 Å². The fourth-order valence-electron chi connectivity index (χ4n) is 2.43. The Kier molecular flexibility index (Phi) is 4.28. The number of nitrogens with zero attached hydrogens (tertiary/aromatic N) is 1. The molecule has 0 fully saturated rings. The predicted molar refractivity (Wildman–Crippen MR) is 90.9 cm³/mol. The lowest BCUT2D eigenvalue weighted by molar-refractivity contribution is 0.0697. The Balaban J connectivity index is 2.07. The van der Waals surface area contributed by atoms with E-state index in [1.807, 2.05) is 6.07 Å². The van der Waals surface area contributed by atoms with Crippen LogP contribution in [0.5, 0.6) is 0 Å². The van der Waals surface area contributed by atoms with Gasteiger partial charge in [0.2, 0.25) is 0 Å². The number of aryl methyl sites for hydroxylation is 1. The molecule has 0 saturated heterocycles. The van der Waals surface area contributed by atoms with Gasteiger partial charge >= 0.3 is 5.97 Å². The van der Waals surface area contributed by atoms with Crippen molar-refractivity contribution in [2.75, 3.05) is 4.72 Å². The molecule has 3 aromatic rings. The molecule has 0 atom stereocenters. The lowest BCUT2D eigenvalue weighted by Gasteiger charge is -2.11. The molecular formula is C17H14N2O5S. The van der Waals surface area contributed by atoms with E-state index in [4.69, 9.17) is 4.52 Å². The molecule has 0 aliphatic heterocycles. The molecule has 0 saturated carbocycles. The highest BCUT2D eigenvalue weighted by molar-refractivity contribution is 7.92. The summed E-state index contributed by atoms with van der Waals surface area (Å²) in [7, 11) is -4.08. The van der Waals surface area contributed by atoms with E-state index in [1.165, 1.54) is 13.0 Å². The Morgan fingerprint density at radius 1 is 1.08 bits per heavy atom. The average Bonchev–Trinajstić information content (AvgIpc) is 2.95. The molecule has 0 aliphatic carbocycles. The van der Waals surface area contributed by atoms with Crippen LogP contribution >= 0.6 is 0 Å². The molecule has 2 N–H and O–H groups in total. The number of carboxylic acid groups (broad SMARTS) is 1. The first-order valence-electron chi connectivity index (χ1n) is 7.27. The van der Waals surface area contributed by atoms with E-state index in [2.05, 4.69) is 9.88 Å². The van der Waals surface area contributed by atoms with Crippen molar-refractivity contribution in [1.29, 1.82) is 0 Å². The van der Waals surface area contributed by atoms with Crippen LogP contribution in [0.3, 0.4) is 0 Å². The summed E-state index contributed by atoms with van der Waals surface area (Å²) in [6, 6.07) is 15.4. The summed E-state index contributed by atoms with van der Waals surface area (Å²) in [5.41, 5.74) is 0.974. The van der Waals surface area contributed by atoms with Gasteiger partial charge in [0.15, 0.2) is 0 Å². The molecule has 2 aromatic carbocycles. The second-order valence-electron chi connectivity index (χ2n) is 5.24. The Hall–Kier alpha value is -3.13. The van der Waals surface area contributed by atoms with Gasteiger partial charge in [0.1, 0.15) is 5.56 Å². The number of rotatable bonds is 5. The van der Waals surface area contributed by atoms with Crippen LogP contribution in [0.4, 0.5) is 5.88 Å². The van der Waals surface area contributed by atoms with Crippen LogP contribution in [0.1, 0.15) is 16.1 Å². The van der Waals surface area contributed by atoms with E-state index in [9.17, 15) is 18.3 Å². The van der Waals surface area contributed by atoms with Crippen molar-refractivity contribution in [1.82, 2.24) is 5.16 Å². The highest BCUT2D eigenvalue weighted by Gasteiger charge is 2.26. The normalized spacial score (nSPS) is 11.2. The van der Waals surface area contributed by atoms with Gasteiger partial charge in [0.05, 0.1) is 10.6 Å². The molecule has 0 bridgehead atoms. The molecule has 1 aromatic heterocycles. The highest BCUT2D eigenvalue weighted by Crippen LogP contribution is 2.29. The van der Waals surface area contributed by atoms with E-state index in [0.29, 0.717) is 5.56 Å². The first-order valence-corrected chi connectivity index (χ1v) is 8.75. The molecule has 7 nitrogen and oxygen atoms in total. The minimum atomic E-state index is -4.08. The molecular weight excluding hydrogens is 344 g/mol. The zero-order valence-electron chi connectivity index (χ0n) is 13.1. The second kappa shape index (κ2) is 6.40. The zero-order valence-corrected chi connectivity index (χ0v) is 13.9. The largest absolute Gasteiger partial charge is 0.477 e. The highest BCUT2D eigenvalue weighted by atomic mass is 32.2. The minimum absolute atomic E-state index is 0.00610. The molecule has 1 heterocycles. The first-order chi connectivity index (χ1) is 11.9. The average molecular weight is 358 g/mol. The van der Waals surface area contributed by atoms with Gasteiger partial charge in [0.25, 0.3) is 15.9 Å². The number of aromatic carboxylic acids is 1. The van der Waals surface area contributed by atoms with E-state index in [-0.39, 0.29) is 16.2 Å². The molecule has 25 heavy (non-hydrogen) atoms. The van der Waals surface area contributed by atoms with Crippen LogP contribution in [0.2, 0.25) is 0 Å². The number of aromatic nitrogens is 1. The summed E-state index contributed by atoms with van der Waals surface area (Å²) in [5, 5.41) is 12.7. The van der Waals surface area contributed by atoms with Gasteiger partial charge in [0, 0.05) is 5.56 Å². The van der Waals surface area contributed by atoms with Gasteiger partial charge in [-0.25, -0.2) is 17.9 Å². The Bertz CT molecular complexity index is 1030. The Morgan fingerprint density at radius 3 is 2.40 bits per heavy atom. The van der Waals surface area contributed by atoms with Crippen molar-refractivity contribution in [3.05, 3.63) is 65.9 Å². The maximum Gasteiger partial charge on any atom is 0.343 e. The monoisotopic (exact) mass is 358 g/mol. The molecule has 0 aliphatic rings. The number of hydrogen-bond acceptors (Lipinski definition) is 5. The lowest BCUT2D eigenvalue weighted by Crippen LogP contribution is -2.15. The maximum atomic E-state index is 12.8. The smallest absolute Gasteiger partial charge is 0.343 e. The SMILES string of the molecule is Cc1noc(NS(=O)(=O)c2ccccc2-c2ccccc2)c1C(=O)O. The van der Waals surface area contributed by atoms with Crippen molar-refractivity contribution in [3.8, 4) is 11.1 Å². The van der Waals surface area contributed by atoms with E-state index in [0.717, 1.165) is 5.56 Å². The van der Waals surface area contributed by atoms with E-state index < -0.39 is 21.9 Å². The van der Waals surface area contributed by atoms with Crippen molar-refractivity contribution in [3.63, 3.8) is 0 Å². The molecule has 0 radical (unpaired) electrons. The topological polar surface area (TPSA) is 110 Å². The zero-order chi connectivity index (χ0) is 18.0. The van der Waals surface area contributed by atoms with Gasteiger partial charge in [-0.3, -0.25) is 0 Å². The number of hydrogen-bond donors (Lipinski definition) is 2. The fourth-order valence-corrected chi connectivity index (χ4v) is 3.65. The number of nitrogens with one attached hydrogen (secondary N) is 1. The van der Waals surface area contributed by atoms with Gasteiger partial charge in [-0.2, -0.15) is 0 Å². The second-order valence-corrected chi connectivity index (χ2v) is 6.90. The Morgan fingerprint density at radius 2 is 1.72 bits per heavy atom. The summed E-state index contributed by atoms with van der Waals surface area (Å²) in [6.45, 7) is 1.42. The lowest BCUT2D eigenvalue weighted by atomic mass is 10.1. The predicted octanol–water partition coefficient (Wildman–Crippen LogP) is 3.15. The van der Waals surface area contributed by atoms with Gasteiger partial charge < -0.3 is 9.63 Å². The molecule has 0 unspecified atom stereocenters. The molecule has 8 heteroatoms. The molecule has 128 valence electrons. The van der Waals surface area contributed by atoms with Crippen LogP contribution in [-0.2, 0) is 10.0 Å². The number of sulfonamides is 1. The summed E-state index contributed by atoms with van der Waals surface area (Å²) >= 11 is 0. The maximum absolute atomic E-state index is 12.8. The summed E-state index contributed by atoms with van der Waals surface area (Å²) < 4.78 is 32.6. The van der Waals surface area contributed by atoms with Gasteiger partial charge in [-0.1, -0.05) is 53.7 Å². The van der Waals surface area contributed by atoms with Crippen LogP contribution < -0.4 is 4.72 Å². The van der Waals surface area contributed by atoms with Crippen molar-refractivity contribution < 1.29 is 22.8 Å². The summed E-state index contributed by atoms with van der Waals surface area (Å²) in [6.07, 6.45) is 0. The van der Waals surface area contributed by atoms with Gasteiger partial charge in [-0.15, -0.1) is 0 Å². The number of benzene rings is 2. The number of anilines is 1. The van der Waals surface area contributed by atoms with Crippen LogP contribution in [0.15, 0.2) is 64.0 Å². The molecule has 3 rings (SSSR count). The molecule has 0 spiro atoms. The fraction of sp³-hybridized carbons (Fsp3) is 0.0588.